The van der Waals surface area contributed by atoms with Crippen molar-refractivity contribution in [3.8, 4) is 0 Å². The predicted molar refractivity (Wildman–Crippen MR) is 45.6 cm³/mol. The summed E-state index contributed by atoms with van der Waals surface area (Å²) >= 11 is 0. The lowest BCUT2D eigenvalue weighted by Gasteiger charge is -2.10. The summed E-state index contributed by atoms with van der Waals surface area (Å²) in [7, 11) is 0. The minimum atomic E-state index is -0.914. The lowest BCUT2D eigenvalue weighted by atomic mass is 10.1. The number of pyridine rings is 1. The van der Waals surface area contributed by atoms with Crippen LogP contribution in [0.1, 0.15) is 18.6 Å². The molecule has 1 aromatic rings. The predicted octanol–water partition coefficient (Wildman–Crippen LogP) is 1.29. The third kappa shape index (κ3) is 2.75. The van der Waals surface area contributed by atoms with E-state index in [4.69, 9.17) is 4.74 Å². The molecule has 0 aromatic carbocycles. The maximum Gasteiger partial charge on any atom is 0.147 e. The van der Waals surface area contributed by atoms with Crippen molar-refractivity contribution >= 4 is 0 Å². The molecule has 1 atom stereocenters. The van der Waals surface area contributed by atoms with E-state index in [1.807, 2.05) is 6.92 Å². The van der Waals surface area contributed by atoms with Gasteiger partial charge in [-0.25, -0.2) is 4.39 Å². The smallest absolute Gasteiger partial charge is 0.147 e. The normalized spacial score (nSPS) is 12.8. The summed E-state index contributed by atoms with van der Waals surface area (Å²) in [5, 5.41) is 9.44. The Morgan fingerprint density at radius 1 is 1.69 bits per heavy atom. The number of nitrogens with zero attached hydrogens (tertiary/aromatic N) is 1. The molecule has 13 heavy (non-hydrogen) atoms. The standard InChI is InChI=1S/C9H12FNO2/c1-2-13-6-9(12)7-3-4-11-5-8(7)10/h3-5,9,12H,2,6H2,1H3. The molecule has 0 aliphatic rings. The van der Waals surface area contributed by atoms with E-state index in [1.54, 1.807) is 0 Å². The molecular formula is C9H12FNO2. The van der Waals surface area contributed by atoms with E-state index in [2.05, 4.69) is 4.98 Å². The quantitative estimate of drug-likeness (QED) is 0.768. The zero-order chi connectivity index (χ0) is 9.68. The molecule has 0 fully saturated rings. The first-order valence-corrected chi connectivity index (χ1v) is 4.11. The van der Waals surface area contributed by atoms with Crippen LogP contribution in [0.4, 0.5) is 4.39 Å². The summed E-state index contributed by atoms with van der Waals surface area (Å²) < 4.78 is 18.0. The average Bonchev–Trinajstić information content (AvgIpc) is 2.15. The van der Waals surface area contributed by atoms with Crippen LogP contribution < -0.4 is 0 Å². The van der Waals surface area contributed by atoms with Crippen molar-refractivity contribution < 1.29 is 14.2 Å². The summed E-state index contributed by atoms with van der Waals surface area (Å²) in [5.41, 5.74) is 0.225. The maximum atomic E-state index is 13.0. The van der Waals surface area contributed by atoms with Crippen LogP contribution in [0, 0.1) is 5.82 Å². The van der Waals surface area contributed by atoms with E-state index in [1.165, 1.54) is 12.3 Å². The summed E-state index contributed by atoms with van der Waals surface area (Å²) in [4.78, 5) is 3.58. The van der Waals surface area contributed by atoms with Crippen molar-refractivity contribution in [2.45, 2.75) is 13.0 Å². The second kappa shape index (κ2) is 4.89. The van der Waals surface area contributed by atoms with E-state index in [-0.39, 0.29) is 12.2 Å². The van der Waals surface area contributed by atoms with Crippen LogP contribution in [0.2, 0.25) is 0 Å². The Morgan fingerprint density at radius 2 is 2.46 bits per heavy atom. The molecular weight excluding hydrogens is 173 g/mol. The van der Waals surface area contributed by atoms with Gasteiger partial charge in [-0.15, -0.1) is 0 Å². The molecule has 3 nitrogen and oxygen atoms in total. The Kier molecular flexibility index (Phi) is 3.79. The minimum Gasteiger partial charge on any atom is -0.386 e. The molecule has 1 heterocycles. The van der Waals surface area contributed by atoms with E-state index in [0.29, 0.717) is 6.61 Å². The van der Waals surface area contributed by atoms with Crippen LogP contribution in [-0.4, -0.2) is 23.3 Å². The van der Waals surface area contributed by atoms with Gasteiger partial charge in [-0.3, -0.25) is 4.98 Å². The Balaban J connectivity index is 2.65. The molecule has 0 bridgehead atoms. The molecule has 0 saturated heterocycles. The van der Waals surface area contributed by atoms with E-state index in [0.717, 1.165) is 6.20 Å². The van der Waals surface area contributed by atoms with Gasteiger partial charge in [-0.1, -0.05) is 0 Å². The maximum absolute atomic E-state index is 13.0. The molecule has 0 radical (unpaired) electrons. The fourth-order valence-electron chi connectivity index (χ4n) is 0.975. The summed E-state index contributed by atoms with van der Waals surface area (Å²) in [6, 6.07) is 1.44. The van der Waals surface area contributed by atoms with Crippen molar-refractivity contribution in [3.05, 3.63) is 29.8 Å². The van der Waals surface area contributed by atoms with Gasteiger partial charge in [-0.2, -0.15) is 0 Å². The van der Waals surface area contributed by atoms with Crippen molar-refractivity contribution in [1.29, 1.82) is 0 Å². The fourth-order valence-corrected chi connectivity index (χ4v) is 0.975. The summed E-state index contributed by atoms with van der Waals surface area (Å²) in [6.07, 6.45) is 1.60. The molecule has 0 amide bonds. The second-order valence-corrected chi connectivity index (χ2v) is 2.57. The topological polar surface area (TPSA) is 42.4 Å². The minimum absolute atomic E-state index is 0.109. The van der Waals surface area contributed by atoms with Crippen LogP contribution in [0.3, 0.4) is 0 Å². The molecule has 0 aliphatic heterocycles. The van der Waals surface area contributed by atoms with Crippen LogP contribution >= 0.6 is 0 Å². The number of hydrogen-bond donors (Lipinski definition) is 1. The van der Waals surface area contributed by atoms with Crippen LogP contribution in [0.15, 0.2) is 18.5 Å². The first kappa shape index (κ1) is 10.1. The molecule has 0 aliphatic carbocycles. The monoisotopic (exact) mass is 185 g/mol. The Hall–Kier alpha value is -1.00. The number of ether oxygens (including phenoxy) is 1. The van der Waals surface area contributed by atoms with Gasteiger partial charge in [0, 0.05) is 18.4 Å². The molecule has 72 valence electrons. The van der Waals surface area contributed by atoms with Crippen molar-refractivity contribution in [2.75, 3.05) is 13.2 Å². The highest BCUT2D eigenvalue weighted by atomic mass is 19.1. The number of aliphatic hydroxyl groups is 1. The average molecular weight is 185 g/mol. The molecule has 1 rings (SSSR count). The van der Waals surface area contributed by atoms with Crippen molar-refractivity contribution in [2.24, 2.45) is 0 Å². The van der Waals surface area contributed by atoms with E-state index >= 15 is 0 Å². The number of halogens is 1. The highest BCUT2D eigenvalue weighted by Gasteiger charge is 2.11. The largest absolute Gasteiger partial charge is 0.386 e. The molecule has 1 unspecified atom stereocenters. The lowest BCUT2D eigenvalue weighted by Crippen LogP contribution is -2.08. The Labute approximate surface area is 76.2 Å². The van der Waals surface area contributed by atoms with Crippen LogP contribution in [0.5, 0.6) is 0 Å². The molecule has 0 saturated carbocycles. The zero-order valence-electron chi connectivity index (χ0n) is 7.40. The van der Waals surface area contributed by atoms with Crippen LogP contribution in [0.25, 0.3) is 0 Å². The molecule has 0 spiro atoms. The number of aromatic nitrogens is 1. The zero-order valence-corrected chi connectivity index (χ0v) is 7.40. The lowest BCUT2D eigenvalue weighted by molar-refractivity contribution is 0.0401. The van der Waals surface area contributed by atoms with Gasteiger partial charge in [-0.05, 0) is 13.0 Å². The SMILES string of the molecule is CCOCC(O)c1ccncc1F. The third-order valence-electron chi connectivity index (χ3n) is 1.64. The van der Waals surface area contributed by atoms with Gasteiger partial charge in [0.25, 0.3) is 0 Å². The number of hydrogen-bond acceptors (Lipinski definition) is 3. The molecule has 4 heteroatoms. The Morgan fingerprint density at radius 3 is 3.08 bits per heavy atom. The van der Waals surface area contributed by atoms with E-state index in [9.17, 15) is 9.50 Å². The van der Waals surface area contributed by atoms with E-state index < -0.39 is 11.9 Å². The molecule has 1 N–H and O–H groups in total. The Bertz CT molecular complexity index is 268. The third-order valence-corrected chi connectivity index (χ3v) is 1.64. The molecule has 1 aromatic heterocycles. The van der Waals surface area contributed by atoms with Gasteiger partial charge in [0.15, 0.2) is 0 Å². The van der Waals surface area contributed by atoms with Crippen molar-refractivity contribution in [1.82, 2.24) is 4.98 Å². The van der Waals surface area contributed by atoms with Gasteiger partial charge >= 0.3 is 0 Å². The number of aliphatic hydroxyl groups excluding tert-OH is 1. The van der Waals surface area contributed by atoms with Gasteiger partial charge in [0.1, 0.15) is 11.9 Å². The van der Waals surface area contributed by atoms with Crippen molar-refractivity contribution in [3.63, 3.8) is 0 Å². The second-order valence-electron chi connectivity index (χ2n) is 2.57. The van der Waals surface area contributed by atoms with Gasteiger partial charge < -0.3 is 9.84 Å². The number of rotatable bonds is 4. The highest BCUT2D eigenvalue weighted by molar-refractivity contribution is 5.15. The summed E-state index contributed by atoms with van der Waals surface area (Å²) in [5.74, 6) is -0.505. The first-order valence-electron chi connectivity index (χ1n) is 4.11. The first-order chi connectivity index (χ1) is 6.25. The fraction of sp³-hybridized carbons (Fsp3) is 0.444. The summed E-state index contributed by atoms with van der Waals surface area (Å²) in [6.45, 7) is 2.43. The highest BCUT2D eigenvalue weighted by Crippen LogP contribution is 2.15. The van der Waals surface area contributed by atoms with Gasteiger partial charge in [0.2, 0.25) is 0 Å². The van der Waals surface area contributed by atoms with Gasteiger partial charge in [0.05, 0.1) is 12.8 Å². The van der Waals surface area contributed by atoms with Crippen LogP contribution in [-0.2, 0) is 4.74 Å².